The highest BCUT2D eigenvalue weighted by molar-refractivity contribution is 5.57. The fourth-order valence-electron chi connectivity index (χ4n) is 1.49. The summed E-state index contributed by atoms with van der Waals surface area (Å²) in [5, 5.41) is 9.45. The van der Waals surface area contributed by atoms with Gasteiger partial charge in [0.15, 0.2) is 0 Å². The Balaban J connectivity index is 2.62. The molecule has 1 aliphatic carbocycles. The van der Waals surface area contributed by atoms with Crippen LogP contribution in [-0.2, 0) is 0 Å². The summed E-state index contributed by atoms with van der Waals surface area (Å²) in [6.45, 7) is 0. The highest BCUT2D eigenvalue weighted by Gasteiger charge is 2.17. The summed E-state index contributed by atoms with van der Waals surface area (Å²) in [7, 11) is 0. The molecule has 1 N–H and O–H groups in total. The molecule has 0 fully saturated rings. The van der Waals surface area contributed by atoms with Crippen molar-refractivity contribution in [2.45, 2.75) is 12.5 Å². The Morgan fingerprint density at radius 1 is 1.42 bits per heavy atom. The highest BCUT2D eigenvalue weighted by atomic mass is 19.1. The predicted octanol–water partition coefficient (Wildman–Crippen LogP) is 2.28. The molecule has 0 saturated heterocycles. The third-order valence-electron chi connectivity index (χ3n) is 2.08. The van der Waals surface area contributed by atoms with E-state index >= 15 is 0 Å². The molecular weight excluding hydrogens is 155 g/mol. The Labute approximate surface area is 70.2 Å². The number of halogens is 1. The molecule has 1 aromatic rings. The number of fused-ring (bicyclic) bond motifs is 1. The van der Waals surface area contributed by atoms with Crippen LogP contribution in [0.2, 0.25) is 0 Å². The Morgan fingerprint density at radius 3 is 3.00 bits per heavy atom. The number of rotatable bonds is 0. The molecular formula is C10H9FO. The number of aliphatic hydroxyl groups excluding tert-OH is 1. The molecule has 0 heterocycles. The number of aliphatic hydroxyl groups is 1. The Hall–Kier alpha value is -1.15. The molecule has 0 aliphatic heterocycles. The average Bonchev–Trinajstić information content (AvgIpc) is 2.04. The first-order valence-corrected chi connectivity index (χ1v) is 3.92. The predicted molar refractivity (Wildman–Crippen MR) is 45.0 cm³/mol. The van der Waals surface area contributed by atoms with E-state index in [9.17, 15) is 9.50 Å². The quantitative estimate of drug-likeness (QED) is 0.623. The van der Waals surface area contributed by atoms with E-state index < -0.39 is 6.10 Å². The van der Waals surface area contributed by atoms with Crippen molar-refractivity contribution in [3.05, 3.63) is 41.2 Å². The van der Waals surface area contributed by atoms with Gasteiger partial charge in [-0.15, -0.1) is 0 Å². The van der Waals surface area contributed by atoms with Crippen molar-refractivity contribution in [3.63, 3.8) is 0 Å². The molecule has 0 spiro atoms. The Morgan fingerprint density at radius 2 is 2.25 bits per heavy atom. The maximum atomic E-state index is 13.1. The highest BCUT2D eigenvalue weighted by Crippen LogP contribution is 2.29. The van der Waals surface area contributed by atoms with Crippen LogP contribution in [0.4, 0.5) is 4.39 Å². The summed E-state index contributed by atoms with van der Waals surface area (Å²) in [4.78, 5) is 0. The first kappa shape index (κ1) is 7.50. The molecule has 0 saturated carbocycles. The van der Waals surface area contributed by atoms with Gasteiger partial charge >= 0.3 is 0 Å². The normalized spacial score (nSPS) is 20.7. The number of hydrogen-bond acceptors (Lipinski definition) is 1. The summed E-state index contributed by atoms with van der Waals surface area (Å²) in [6.07, 6.45) is 3.53. The molecule has 1 atom stereocenters. The molecule has 1 aromatic carbocycles. The van der Waals surface area contributed by atoms with E-state index in [-0.39, 0.29) is 5.82 Å². The van der Waals surface area contributed by atoms with Crippen LogP contribution in [0.25, 0.3) is 6.08 Å². The summed E-state index contributed by atoms with van der Waals surface area (Å²) in [5.74, 6) is -0.315. The van der Waals surface area contributed by atoms with Crippen molar-refractivity contribution < 1.29 is 9.50 Å². The van der Waals surface area contributed by atoms with E-state index in [1.54, 1.807) is 12.1 Å². The smallest absolute Gasteiger partial charge is 0.129 e. The SMILES string of the molecule is O[C@H]1CC=Cc2cccc(F)c21. The third-order valence-corrected chi connectivity index (χ3v) is 2.08. The van der Waals surface area contributed by atoms with Gasteiger partial charge < -0.3 is 5.11 Å². The summed E-state index contributed by atoms with van der Waals surface area (Å²) in [5.41, 5.74) is 1.22. The van der Waals surface area contributed by atoms with E-state index in [4.69, 9.17) is 0 Å². The maximum absolute atomic E-state index is 13.1. The van der Waals surface area contributed by atoms with Crippen LogP contribution >= 0.6 is 0 Å². The monoisotopic (exact) mass is 164 g/mol. The van der Waals surface area contributed by atoms with Gasteiger partial charge in [0.05, 0.1) is 6.10 Å². The van der Waals surface area contributed by atoms with Gasteiger partial charge in [-0.05, 0) is 18.1 Å². The molecule has 2 heteroatoms. The number of hydrogen-bond donors (Lipinski definition) is 1. The fourth-order valence-corrected chi connectivity index (χ4v) is 1.49. The van der Waals surface area contributed by atoms with Crippen molar-refractivity contribution in [2.24, 2.45) is 0 Å². The van der Waals surface area contributed by atoms with E-state index in [1.165, 1.54) is 6.07 Å². The van der Waals surface area contributed by atoms with Crippen LogP contribution in [0.5, 0.6) is 0 Å². The van der Waals surface area contributed by atoms with Crippen LogP contribution in [0.15, 0.2) is 24.3 Å². The third kappa shape index (κ3) is 1.04. The first-order chi connectivity index (χ1) is 5.79. The van der Waals surface area contributed by atoms with Gasteiger partial charge in [-0.2, -0.15) is 0 Å². The lowest BCUT2D eigenvalue weighted by atomic mass is 9.94. The van der Waals surface area contributed by atoms with Gasteiger partial charge in [0.25, 0.3) is 0 Å². The van der Waals surface area contributed by atoms with E-state index in [0.29, 0.717) is 12.0 Å². The largest absolute Gasteiger partial charge is 0.388 e. The first-order valence-electron chi connectivity index (χ1n) is 3.92. The van der Waals surface area contributed by atoms with Gasteiger partial charge in [-0.25, -0.2) is 4.39 Å². The lowest BCUT2D eigenvalue weighted by molar-refractivity contribution is 0.175. The zero-order chi connectivity index (χ0) is 8.55. The van der Waals surface area contributed by atoms with Crippen LogP contribution in [0.3, 0.4) is 0 Å². The molecule has 0 aromatic heterocycles. The average molecular weight is 164 g/mol. The lowest BCUT2D eigenvalue weighted by Gasteiger charge is -2.16. The molecule has 12 heavy (non-hydrogen) atoms. The van der Waals surface area contributed by atoms with E-state index in [0.717, 1.165) is 5.56 Å². The van der Waals surface area contributed by atoms with E-state index in [2.05, 4.69) is 0 Å². The molecule has 1 nitrogen and oxygen atoms in total. The minimum absolute atomic E-state index is 0.315. The lowest BCUT2D eigenvalue weighted by Crippen LogP contribution is -2.05. The summed E-state index contributed by atoms with van der Waals surface area (Å²) in [6, 6.07) is 4.83. The van der Waals surface area contributed by atoms with Gasteiger partial charge in [0.2, 0.25) is 0 Å². The van der Waals surface area contributed by atoms with Crippen LogP contribution in [-0.4, -0.2) is 5.11 Å². The van der Waals surface area contributed by atoms with Crippen molar-refractivity contribution in [1.82, 2.24) is 0 Å². The second-order valence-corrected chi connectivity index (χ2v) is 2.90. The molecule has 0 bridgehead atoms. The van der Waals surface area contributed by atoms with Gasteiger partial charge in [-0.1, -0.05) is 24.3 Å². The molecule has 0 amide bonds. The Kier molecular flexibility index (Phi) is 1.70. The van der Waals surface area contributed by atoms with Crippen molar-refractivity contribution in [3.8, 4) is 0 Å². The van der Waals surface area contributed by atoms with Crippen molar-refractivity contribution >= 4 is 6.08 Å². The Bertz CT molecular complexity index is 331. The molecule has 1 aliphatic rings. The second-order valence-electron chi connectivity index (χ2n) is 2.90. The fraction of sp³-hybridized carbons (Fsp3) is 0.200. The van der Waals surface area contributed by atoms with E-state index in [1.807, 2.05) is 12.2 Å². The summed E-state index contributed by atoms with van der Waals surface area (Å²) < 4.78 is 13.1. The van der Waals surface area contributed by atoms with Gasteiger partial charge in [0, 0.05) is 5.56 Å². The molecule has 0 unspecified atom stereocenters. The second kappa shape index (κ2) is 2.72. The van der Waals surface area contributed by atoms with Crippen LogP contribution in [0, 0.1) is 5.82 Å². The number of benzene rings is 1. The van der Waals surface area contributed by atoms with Crippen molar-refractivity contribution in [1.29, 1.82) is 0 Å². The van der Waals surface area contributed by atoms with Crippen LogP contribution < -0.4 is 0 Å². The summed E-state index contributed by atoms with van der Waals surface area (Å²) >= 11 is 0. The molecule has 2 rings (SSSR count). The standard InChI is InChI=1S/C10H9FO/c11-8-5-1-3-7-4-2-6-9(12)10(7)8/h1-5,9,12H,6H2/t9-/m0/s1. The van der Waals surface area contributed by atoms with Crippen LogP contribution in [0.1, 0.15) is 23.7 Å². The molecule has 0 radical (unpaired) electrons. The zero-order valence-corrected chi connectivity index (χ0v) is 6.50. The minimum Gasteiger partial charge on any atom is -0.388 e. The zero-order valence-electron chi connectivity index (χ0n) is 6.50. The van der Waals surface area contributed by atoms with Crippen molar-refractivity contribution in [2.75, 3.05) is 0 Å². The van der Waals surface area contributed by atoms with Gasteiger partial charge in [-0.3, -0.25) is 0 Å². The minimum atomic E-state index is -0.675. The maximum Gasteiger partial charge on any atom is 0.129 e. The topological polar surface area (TPSA) is 20.2 Å². The van der Waals surface area contributed by atoms with Gasteiger partial charge in [0.1, 0.15) is 5.82 Å². The molecule has 62 valence electrons.